The summed E-state index contributed by atoms with van der Waals surface area (Å²) in [6.45, 7) is 14.6. The van der Waals surface area contributed by atoms with Crippen molar-refractivity contribution < 1.29 is 19.2 Å². The summed E-state index contributed by atoms with van der Waals surface area (Å²) in [5.74, 6) is 0.587. The highest BCUT2D eigenvalue weighted by Gasteiger charge is 2.51. The number of benzene rings is 1. The molecule has 0 unspecified atom stereocenters. The standard InChI is InChI=1S/C24H35BN2O4/c1-8-22(2,3)15-19-16-26-20(27(19)21(28)29)14-11-17-9-12-18(13-10-17)25-30-23(4,5)24(6,7)31-25/h9-10,12-13,16H,8,11,14-15H2,1-7H3,(H,28,29). The summed E-state index contributed by atoms with van der Waals surface area (Å²) in [4.78, 5) is 16.3. The van der Waals surface area contributed by atoms with Gasteiger partial charge in [0, 0.05) is 18.3 Å². The minimum Gasteiger partial charge on any atom is -0.464 e. The van der Waals surface area contributed by atoms with Gasteiger partial charge in [0.05, 0.1) is 11.2 Å². The van der Waals surface area contributed by atoms with Gasteiger partial charge in [-0.25, -0.2) is 14.3 Å². The Morgan fingerprint density at radius 2 is 1.68 bits per heavy atom. The molecule has 0 spiro atoms. The molecule has 6 nitrogen and oxygen atoms in total. The number of imidazole rings is 1. The first-order valence-electron chi connectivity index (χ1n) is 11.1. The Morgan fingerprint density at radius 3 is 2.19 bits per heavy atom. The molecule has 168 valence electrons. The molecule has 0 saturated carbocycles. The van der Waals surface area contributed by atoms with Gasteiger partial charge in [0.1, 0.15) is 5.82 Å². The molecular weight excluding hydrogens is 391 g/mol. The summed E-state index contributed by atoms with van der Waals surface area (Å²) in [6, 6.07) is 8.15. The van der Waals surface area contributed by atoms with Crippen molar-refractivity contribution in [2.24, 2.45) is 5.41 Å². The summed E-state index contributed by atoms with van der Waals surface area (Å²) >= 11 is 0. The molecule has 3 rings (SSSR count). The Hall–Kier alpha value is -2.12. The molecule has 7 heteroatoms. The topological polar surface area (TPSA) is 73.6 Å². The average molecular weight is 426 g/mol. The highest BCUT2D eigenvalue weighted by atomic mass is 16.7. The van der Waals surface area contributed by atoms with E-state index in [1.165, 1.54) is 4.57 Å². The van der Waals surface area contributed by atoms with E-state index >= 15 is 0 Å². The zero-order valence-corrected chi connectivity index (χ0v) is 19.9. The van der Waals surface area contributed by atoms with E-state index in [4.69, 9.17) is 9.31 Å². The molecule has 1 aromatic carbocycles. The van der Waals surface area contributed by atoms with Crippen LogP contribution in [0.2, 0.25) is 0 Å². The number of hydrogen-bond acceptors (Lipinski definition) is 4. The Labute approximate surface area is 186 Å². The predicted molar refractivity (Wildman–Crippen MR) is 123 cm³/mol. The van der Waals surface area contributed by atoms with Crippen LogP contribution in [0.4, 0.5) is 4.79 Å². The quantitative estimate of drug-likeness (QED) is 0.662. The summed E-state index contributed by atoms with van der Waals surface area (Å²) in [5, 5.41) is 9.74. The molecule has 0 bridgehead atoms. The molecule has 2 heterocycles. The second-order valence-electron chi connectivity index (χ2n) is 10.3. The first kappa shape index (κ1) is 23.5. The van der Waals surface area contributed by atoms with Crippen LogP contribution in [0.3, 0.4) is 0 Å². The van der Waals surface area contributed by atoms with Crippen molar-refractivity contribution >= 4 is 18.7 Å². The number of rotatable bonds is 7. The van der Waals surface area contributed by atoms with Crippen LogP contribution in [0, 0.1) is 5.41 Å². The number of hydrogen-bond donors (Lipinski definition) is 1. The second-order valence-corrected chi connectivity index (χ2v) is 10.3. The summed E-state index contributed by atoms with van der Waals surface area (Å²) in [6.07, 6.45) is 3.68. The van der Waals surface area contributed by atoms with Gasteiger partial charge in [-0.2, -0.15) is 0 Å². The van der Waals surface area contributed by atoms with Gasteiger partial charge >= 0.3 is 13.2 Å². The SMILES string of the molecule is CCC(C)(C)Cc1cnc(CCc2ccc(B3OC(C)(C)C(C)(C)O3)cc2)n1C(=O)O. The number of aryl methyl sites for hydroxylation is 2. The fourth-order valence-electron chi connectivity index (χ4n) is 3.66. The zero-order chi connectivity index (χ0) is 23.0. The van der Waals surface area contributed by atoms with E-state index in [1.54, 1.807) is 6.20 Å². The van der Waals surface area contributed by atoms with Gasteiger partial charge in [0.2, 0.25) is 0 Å². The van der Waals surface area contributed by atoms with E-state index in [2.05, 4.69) is 37.9 Å². The van der Waals surface area contributed by atoms with E-state index in [0.717, 1.165) is 23.1 Å². The molecule has 1 N–H and O–H groups in total. The van der Waals surface area contributed by atoms with Gasteiger partial charge in [-0.15, -0.1) is 0 Å². The van der Waals surface area contributed by atoms with E-state index in [0.29, 0.717) is 25.1 Å². The molecular formula is C24H35BN2O4. The highest BCUT2D eigenvalue weighted by molar-refractivity contribution is 6.62. The summed E-state index contributed by atoms with van der Waals surface area (Å²) < 4.78 is 13.6. The van der Waals surface area contributed by atoms with Crippen molar-refractivity contribution in [3.05, 3.63) is 47.5 Å². The van der Waals surface area contributed by atoms with Crippen LogP contribution in [-0.2, 0) is 28.6 Å². The first-order chi connectivity index (χ1) is 14.4. The third-order valence-electron chi connectivity index (χ3n) is 6.86. The minimum absolute atomic E-state index is 0.0356. The molecule has 0 aliphatic carbocycles. The lowest BCUT2D eigenvalue weighted by atomic mass is 9.78. The van der Waals surface area contributed by atoms with Crippen LogP contribution in [-0.4, -0.2) is 39.1 Å². The smallest absolute Gasteiger partial charge is 0.464 e. The number of aromatic nitrogens is 2. The normalized spacial score (nSPS) is 17.8. The fourth-order valence-corrected chi connectivity index (χ4v) is 3.66. The van der Waals surface area contributed by atoms with Crippen molar-refractivity contribution in [2.45, 2.75) is 85.4 Å². The third-order valence-corrected chi connectivity index (χ3v) is 6.86. The van der Waals surface area contributed by atoms with Crippen LogP contribution in [0.5, 0.6) is 0 Å². The van der Waals surface area contributed by atoms with Crippen molar-refractivity contribution in [2.75, 3.05) is 0 Å². The van der Waals surface area contributed by atoms with Crippen LogP contribution >= 0.6 is 0 Å². The Morgan fingerprint density at radius 1 is 1.10 bits per heavy atom. The first-order valence-corrected chi connectivity index (χ1v) is 11.1. The monoisotopic (exact) mass is 426 g/mol. The molecule has 1 saturated heterocycles. The van der Waals surface area contributed by atoms with Crippen molar-refractivity contribution in [1.82, 2.24) is 9.55 Å². The lowest BCUT2D eigenvalue weighted by Crippen LogP contribution is -2.41. The van der Waals surface area contributed by atoms with Gasteiger partial charge in [0.15, 0.2) is 0 Å². The lowest BCUT2D eigenvalue weighted by molar-refractivity contribution is 0.00578. The largest absolute Gasteiger partial charge is 0.494 e. The van der Waals surface area contributed by atoms with Gasteiger partial charge in [-0.1, -0.05) is 51.5 Å². The number of carbonyl (C=O) groups is 1. The molecule has 2 aromatic rings. The Bertz CT molecular complexity index is 916. The van der Waals surface area contributed by atoms with E-state index in [9.17, 15) is 9.90 Å². The van der Waals surface area contributed by atoms with Gasteiger partial charge in [-0.3, -0.25) is 0 Å². The van der Waals surface area contributed by atoms with Gasteiger partial charge < -0.3 is 14.4 Å². The maximum absolute atomic E-state index is 11.9. The van der Waals surface area contributed by atoms with E-state index in [1.807, 2.05) is 39.8 Å². The molecule has 1 fully saturated rings. The van der Waals surface area contributed by atoms with Crippen LogP contribution < -0.4 is 5.46 Å². The maximum Gasteiger partial charge on any atom is 0.494 e. The Kier molecular flexibility index (Phi) is 6.41. The van der Waals surface area contributed by atoms with Crippen LogP contribution in [0.15, 0.2) is 30.5 Å². The summed E-state index contributed by atoms with van der Waals surface area (Å²) in [5.41, 5.74) is 2.16. The molecule has 1 aliphatic rings. The van der Waals surface area contributed by atoms with E-state index < -0.39 is 6.09 Å². The summed E-state index contributed by atoms with van der Waals surface area (Å²) in [7, 11) is -0.380. The molecule has 0 radical (unpaired) electrons. The average Bonchev–Trinajstić information content (AvgIpc) is 3.17. The fraction of sp³-hybridized carbons (Fsp3) is 0.583. The molecule has 1 aromatic heterocycles. The highest BCUT2D eigenvalue weighted by Crippen LogP contribution is 2.36. The minimum atomic E-state index is -0.967. The van der Waals surface area contributed by atoms with Crippen molar-refractivity contribution in [3.8, 4) is 0 Å². The van der Waals surface area contributed by atoms with E-state index in [-0.39, 0.29) is 23.7 Å². The molecule has 0 atom stereocenters. The molecule has 31 heavy (non-hydrogen) atoms. The van der Waals surface area contributed by atoms with Crippen molar-refractivity contribution in [3.63, 3.8) is 0 Å². The third kappa shape index (κ3) is 5.04. The van der Waals surface area contributed by atoms with Crippen molar-refractivity contribution in [1.29, 1.82) is 0 Å². The predicted octanol–water partition coefficient (Wildman–Crippen LogP) is 4.47. The van der Waals surface area contributed by atoms with Gasteiger partial charge in [-0.05, 0) is 57.0 Å². The second kappa shape index (κ2) is 8.43. The number of carboxylic acid groups (broad SMARTS) is 1. The Balaban J connectivity index is 1.68. The van der Waals surface area contributed by atoms with Crippen LogP contribution in [0.25, 0.3) is 0 Å². The molecule has 0 amide bonds. The zero-order valence-electron chi connectivity index (χ0n) is 19.9. The number of nitrogens with zero attached hydrogens (tertiary/aromatic N) is 2. The van der Waals surface area contributed by atoms with Gasteiger partial charge in [0.25, 0.3) is 0 Å². The lowest BCUT2D eigenvalue weighted by Gasteiger charge is -2.32. The molecule has 1 aliphatic heterocycles. The van der Waals surface area contributed by atoms with Crippen LogP contribution in [0.1, 0.15) is 72.0 Å². The maximum atomic E-state index is 11.9.